The first kappa shape index (κ1) is 14.2. The van der Waals surface area contributed by atoms with Crippen LogP contribution in [0.5, 0.6) is 5.75 Å². The van der Waals surface area contributed by atoms with Gasteiger partial charge in [0.1, 0.15) is 5.75 Å². The first-order valence-corrected chi connectivity index (χ1v) is 6.52. The Morgan fingerprint density at radius 2 is 1.74 bits per heavy atom. The lowest BCUT2D eigenvalue weighted by Crippen LogP contribution is -2.36. The van der Waals surface area contributed by atoms with Crippen LogP contribution in [0.1, 0.15) is 32.6 Å². The van der Waals surface area contributed by atoms with Gasteiger partial charge in [-0.1, -0.05) is 18.5 Å². The molecule has 0 atom stereocenters. The van der Waals surface area contributed by atoms with E-state index in [0.29, 0.717) is 5.92 Å². The Kier molecular flexibility index (Phi) is 4.06. The molecule has 1 fully saturated rings. The summed E-state index contributed by atoms with van der Waals surface area (Å²) < 4.78 is 56.3. The Hall–Kier alpha value is -1.20. The predicted octanol–water partition coefficient (Wildman–Crippen LogP) is 3.84. The molecule has 0 heterocycles. The van der Waals surface area contributed by atoms with E-state index < -0.39 is 18.3 Å². The van der Waals surface area contributed by atoms with Gasteiger partial charge in [-0.2, -0.15) is 0 Å². The molecule has 0 spiro atoms. The third kappa shape index (κ3) is 3.64. The number of benzene rings is 1. The van der Waals surface area contributed by atoms with Gasteiger partial charge in [-0.25, -0.2) is 4.39 Å². The van der Waals surface area contributed by atoms with Crippen molar-refractivity contribution in [1.29, 1.82) is 0 Å². The second kappa shape index (κ2) is 5.43. The van der Waals surface area contributed by atoms with Crippen LogP contribution in [-0.2, 0) is 0 Å². The summed E-state index contributed by atoms with van der Waals surface area (Å²) in [5.41, 5.74) is -1.19. The number of halogens is 4. The molecule has 1 nitrogen and oxygen atoms in total. The van der Waals surface area contributed by atoms with Crippen LogP contribution in [0.3, 0.4) is 0 Å². The minimum absolute atomic E-state index is 0.0159. The summed E-state index contributed by atoms with van der Waals surface area (Å²) in [6.45, 7) is -3.14. The van der Waals surface area contributed by atoms with Gasteiger partial charge < -0.3 is 17.7 Å². The predicted molar refractivity (Wildman–Crippen MR) is 67.2 cm³/mol. The van der Waals surface area contributed by atoms with Crippen LogP contribution in [0.2, 0.25) is 0 Å². The smallest absolute Gasteiger partial charge is 0.490 e. The van der Waals surface area contributed by atoms with Crippen LogP contribution < -0.4 is 10.2 Å². The summed E-state index contributed by atoms with van der Waals surface area (Å²) in [6, 6.07) is 2.80. The van der Waals surface area contributed by atoms with E-state index in [1.165, 1.54) is 6.07 Å². The highest BCUT2D eigenvalue weighted by atomic mass is 19.4. The lowest BCUT2D eigenvalue weighted by atomic mass is 9.80. The van der Waals surface area contributed by atoms with E-state index in [4.69, 9.17) is 4.74 Å². The van der Waals surface area contributed by atoms with Gasteiger partial charge in [-0.15, -0.1) is 0 Å². The minimum Gasteiger partial charge on any atom is -0.490 e. The zero-order chi connectivity index (χ0) is 14.0. The van der Waals surface area contributed by atoms with Crippen LogP contribution in [0.4, 0.5) is 17.3 Å². The summed E-state index contributed by atoms with van der Waals surface area (Å²) in [5.74, 6) is -0.415. The molecule has 1 aliphatic rings. The highest BCUT2D eigenvalue weighted by molar-refractivity contribution is 6.73. The monoisotopic (exact) mass is 275 g/mol. The van der Waals surface area contributed by atoms with Crippen molar-refractivity contribution >= 4 is 12.4 Å². The third-order valence-corrected chi connectivity index (χ3v) is 3.59. The Morgan fingerprint density at radius 3 is 2.26 bits per heavy atom. The van der Waals surface area contributed by atoms with E-state index in [2.05, 4.69) is 6.92 Å². The average Bonchev–Trinajstić information content (AvgIpc) is 2.30. The van der Waals surface area contributed by atoms with E-state index in [1.54, 1.807) is 0 Å². The summed E-state index contributed by atoms with van der Waals surface area (Å²) in [7, 11) is 0. The van der Waals surface area contributed by atoms with E-state index >= 15 is 0 Å². The van der Waals surface area contributed by atoms with Crippen LogP contribution >= 0.6 is 0 Å². The molecular formula is C13H16BF4O-. The normalized spacial score (nSPS) is 24.3. The highest BCUT2D eigenvalue weighted by Gasteiger charge is 2.29. The van der Waals surface area contributed by atoms with E-state index in [9.17, 15) is 17.3 Å². The lowest BCUT2D eigenvalue weighted by molar-refractivity contribution is 0.135. The first-order valence-electron chi connectivity index (χ1n) is 6.52. The topological polar surface area (TPSA) is 9.23 Å². The zero-order valence-electron chi connectivity index (χ0n) is 10.7. The SMILES string of the molecule is CC1CCC(Oc2ccc([B-](F)(F)F)c(F)c2)CC1. The van der Waals surface area contributed by atoms with Crippen molar-refractivity contribution in [2.75, 3.05) is 0 Å². The zero-order valence-corrected chi connectivity index (χ0v) is 10.7. The molecule has 0 amide bonds. The van der Waals surface area contributed by atoms with Gasteiger partial charge in [-0.05, 0) is 37.7 Å². The molecule has 0 aromatic heterocycles. The first-order chi connectivity index (χ1) is 8.86. The second-order valence-electron chi connectivity index (χ2n) is 5.26. The molecule has 0 bridgehead atoms. The van der Waals surface area contributed by atoms with Crippen molar-refractivity contribution in [3.8, 4) is 5.75 Å². The molecule has 0 N–H and O–H groups in total. The van der Waals surface area contributed by atoms with Crippen LogP contribution in [0.25, 0.3) is 0 Å². The van der Waals surface area contributed by atoms with E-state index in [-0.39, 0.29) is 11.9 Å². The van der Waals surface area contributed by atoms with Crippen LogP contribution in [-0.4, -0.2) is 13.1 Å². The Morgan fingerprint density at radius 1 is 1.11 bits per heavy atom. The maximum absolute atomic E-state index is 13.4. The van der Waals surface area contributed by atoms with Gasteiger partial charge in [0.2, 0.25) is 0 Å². The number of hydrogen-bond acceptors (Lipinski definition) is 1. The standard InChI is InChI=1S/C13H16BF4O/c1-9-2-4-10(5-3-9)19-11-6-7-12(13(15)8-11)14(16,17)18/h6-10H,2-5H2,1H3/q-1. The Balaban J connectivity index is 2.04. The molecule has 6 heteroatoms. The van der Waals surface area contributed by atoms with Crippen molar-refractivity contribution in [1.82, 2.24) is 0 Å². The summed E-state index contributed by atoms with van der Waals surface area (Å²) in [5, 5.41) is 0. The van der Waals surface area contributed by atoms with Gasteiger partial charge in [0, 0.05) is 6.07 Å². The van der Waals surface area contributed by atoms with Crippen molar-refractivity contribution < 1.29 is 22.1 Å². The van der Waals surface area contributed by atoms with E-state index in [1.807, 2.05) is 0 Å². The van der Waals surface area contributed by atoms with E-state index in [0.717, 1.165) is 37.8 Å². The van der Waals surface area contributed by atoms with Crippen LogP contribution in [0, 0.1) is 11.7 Å². The Bertz CT molecular complexity index is 439. The highest BCUT2D eigenvalue weighted by Crippen LogP contribution is 2.27. The van der Waals surface area contributed by atoms with Crippen molar-refractivity contribution in [3.05, 3.63) is 24.0 Å². The molecule has 19 heavy (non-hydrogen) atoms. The number of ether oxygens (including phenoxy) is 1. The fourth-order valence-corrected chi connectivity index (χ4v) is 2.39. The molecule has 0 radical (unpaired) electrons. The molecule has 1 saturated carbocycles. The molecule has 1 aromatic carbocycles. The third-order valence-electron chi connectivity index (χ3n) is 3.59. The average molecular weight is 275 g/mol. The quantitative estimate of drug-likeness (QED) is 0.601. The molecule has 106 valence electrons. The maximum atomic E-state index is 13.4. The molecule has 1 aliphatic carbocycles. The summed E-state index contributed by atoms with van der Waals surface area (Å²) >= 11 is 0. The lowest BCUT2D eigenvalue weighted by Gasteiger charge is -2.27. The molecule has 2 rings (SSSR count). The number of hydrogen-bond donors (Lipinski definition) is 0. The van der Waals surface area contributed by atoms with Crippen molar-refractivity contribution in [2.24, 2.45) is 5.92 Å². The molecule has 0 aliphatic heterocycles. The van der Waals surface area contributed by atoms with Crippen molar-refractivity contribution in [2.45, 2.75) is 38.7 Å². The summed E-state index contributed by atoms with van der Waals surface area (Å²) in [4.78, 5) is 0. The fourth-order valence-electron chi connectivity index (χ4n) is 2.39. The summed E-state index contributed by atoms with van der Waals surface area (Å²) in [6.07, 6.45) is 3.80. The molecule has 1 aromatic rings. The maximum Gasteiger partial charge on any atom is 0.512 e. The number of rotatable bonds is 3. The van der Waals surface area contributed by atoms with Gasteiger partial charge in [0.05, 0.1) is 11.9 Å². The molecule has 0 saturated heterocycles. The Labute approximate surface area is 110 Å². The second-order valence-corrected chi connectivity index (χ2v) is 5.26. The fraction of sp³-hybridized carbons (Fsp3) is 0.538. The van der Waals surface area contributed by atoms with Gasteiger partial charge in [0.25, 0.3) is 0 Å². The minimum atomic E-state index is -5.31. The van der Waals surface area contributed by atoms with Crippen molar-refractivity contribution in [3.63, 3.8) is 0 Å². The molecule has 0 unspecified atom stereocenters. The van der Waals surface area contributed by atoms with Gasteiger partial charge in [-0.3, -0.25) is 0 Å². The largest absolute Gasteiger partial charge is 0.512 e. The van der Waals surface area contributed by atoms with Gasteiger partial charge >= 0.3 is 6.98 Å². The van der Waals surface area contributed by atoms with Gasteiger partial charge in [0.15, 0.2) is 0 Å². The van der Waals surface area contributed by atoms with Crippen LogP contribution in [0.15, 0.2) is 18.2 Å². The molecular weight excluding hydrogens is 259 g/mol.